The van der Waals surface area contributed by atoms with Crippen LogP contribution in [0.5, 0.6) is 0 Å². The highest BCUT2D eigenvalue weighted by molar-refractivity contribution is 8.00. The van der Waals surface area contributed by atoms with Gasteiger partial charge in [0.1, 0.15) is 0 Å². The smallest absolute Gasteiger partial charge is 0.230 e. The fourth-order valence-corrected chi connectivity index (χ4v) is 2.66. The number of rotatable bonds is 8. The summed E-state index contributed by atoms with van der Waals surface area (Å²) in [6.45, 7) is 6.26. The Morgan fingerprint density at radius 2 is 1.80 bits per heavy atom. The quantitative estimate of drug-likeness (QED) is 0.749. The van der Waals surface area contributed by atoms with Gasteiger partial charge in [-0.05, 0) is 12.3 Å². The second-order valence-electron chi connectivity index (χ2n) is 5.11. The molecule has 0 spiro atoms. The van der Waals surface area contributed by atoms with Crippen molar-refractivity contribution in [2.24, 2.45) is 5.92 Å². The number of carbonyl (C=O) groups is 2. The lowest BCUT2D eigenvalue weighted by atomic mass is 10.0. The molecule has 1 atom stereocenters. The van der Waals surface area contributed by atoms with E-state index in [4.69, 9.17) is 0 Å². The van der Waals surface area contributed by atoms with Gasteiger partial charge in [0.25, 0.3) is 0 Å². The van der Waals surface area contributed by atoms with Gasteiger partial charge in [0, 0.05) is 11.6 Å². The summed E-state index contributed by atoms with van der Waals surface area (Å²) in [5, 5.41) is 3.01. The van der Waals surface area contributed by atoms with Crippen LogP contribution in [0.25, 0.3) is 0 Å². The third-order valence-electron chi connectivity index (χ3n) is 3.15. The van der Waals surface area contributed by atoms with Crippen molar-refractivity contribution in [3.63, 3.8) is 0 Å². The Morgan fingerprint density at radius 3 is 2.35 bits per heavy atom. The van der Waals surface area contributed by atoms with Gasteiger partial charge < -0.3 is 5.32 Å². The van der Waals surface area contributed by atoms with Gasteiger partial charge >= 0.3 is 0 Å². The topological polar surface area (TPSA) is 46.2 Å². The van der Waals surface area contributed by atoms with Crippen molar-refractivity contribution in [3.8, 4) is 0 Å². The van der Waals surface area contributed by atoms with Crippen molar-refractivity contribution in [1.82, 2.24) is 5.32 Å². The molecule has 0 fully saturated rings. The van der Waals surface area contributed by atoms with Crippen LogP contribution in [0.15, 0.2) is 30.3 Å². The molecule has 0 aliphatic heterocycles. The van der Waals surface area contributed by atoms with E-state index in [1.165, 1.54) is 11.8 Å². The summed E-state index contributed by atoms with van der Waals surface area (Å²) >= 11 is 1.37. The molecule has 0 bridgehead atoms. The molecule has 0 aliphatic rings. The molecule has 0 unspecified atom stereocenters. The van der Waals surface area contributed by atoms with Gasteiger partial charge in [0.05, 0.1) is 11.5 Å². The van der Waals surface area contributed by atoms with Crippen LogP contribution >= 0.6 is 11.8 Å². The maximum Gasteiger partial charge on any atom is 0.230 e. The van der Waals surface area contributed by atoms with Gasteiger partial charge in [0.15, 0.2) is 5.78 Å². The first-order valence-electron chi connectivity index (χ1n) is 7.00. The molecule has 110 valence electrons. The molecular formula is C16H23NO2S. The van der Waals surface area contributed by atoms with Gasteiger partial charge in [-0.3, -0.25) is 9.59 Å². The third kappa shape index (κ3) is 5.78. The molecule has 20 heavy (non-hydrogen) atoms. The lowest BCUT2D eigenvalue weighted by Crippen LogP contribution is -2.39. The SMILES string of the molecule is CC[C@H](NC(=O)CSCC(=O)c1ccccc1)C(C)C. The van der Waals surface area contributed by atoms with E-state index in [0.29, 0.717) is 23.0 Å². The Kier molecular flexibility index (Phi) is 7.37. The van der Waals surface area contributed by atoms with Gasteiger partial charge in [-0.25, -0.2) is 0 Å². The molecular weight excluding hydrogens is 270 g/mol. The van der Waals surface area contributed by atoms with E-state index in [1.54, 1.807) is 12.1 Å². The molecule has 1 amide bonds. The largest absolute Gasteiger partial charge is 0.352 e. The summed E-state index contributed by atoms with van der Waals surface area (Å²) in [5.74, 6) is 1.19. The Bertz CT molecular complexity index is 431. The third-order valence-corrected chi connectivity index (χ3v) is 4.09. The number of hydrogen-bond donors (Lipinski definition) is 1. The fraction of sp³-hybridized carbons (Fsp3) is 0.500. The second-order valence-corrected chi connectivity index (χ2v) is 6.09. The zero-order valence-electron chi connectivity index (χ0n) is 12.4. The number of carbonyl (C=O) groups excluding carboxylic acids is 2. The van der Waals surface area contributed by atoms with Crippen LogP contribution in [0.2, 0.25) is 0 Å². The van der Waals surface area contributed by atoms with Crippen LogP contribution in [0, 0.1) is 5.92 Å². The summed E-state index contributed by atoms with van der Waals surface area (Å²) in [6.07, 6.45) is 0.928. The highest BCUT2D eigenvalue weighted by Crippen LogP contribution is 2.09. The van der Waals surface area contributed by atoms with Gasteiger partial charge in [0.2, 0.25) is 5.91 Å². The first-order valence-corrected chi connectivity index (χ1v) is 8.15. The lowest BCUT2D eigenvalue weighted by Gasteiger charge is -2.20. The summed E-state index contributed by atoms with van der Waals surface area (Å²) in [6, 6.07) is 9.39. The number of thioether (sulfide) groups is 1. The number of hydrogen-bond acceptors (Lipinski definition) is 3. The normalized spacial score (nSPS) is 12.2. The van der Waals surface area contributed by atoms with Crippen molar-refractivity contribution in [3.05, 3.63) is 35.9 Å². The highest BCUT2D eigenvalue weighted by atomic mass is 32.2. The van der Waals surface area contributed by atoms with Crippen molar-refractivity contribution >= 4 is 23.5 Å². The molecule has 0 aromatic heterocycles. The van der Waals surface area contributed by atoms with Crippen molar-refractivity contribution < 1.29 is 9.59 Å². The molecule has 1 N–H and O–H groups in total. The molecule has 0 heterocycles. The van der Waals surface area contributed by atoms with E-state index in [-0.39, 0.29) is 17.7 Å². The first kappa shape index (κ1) is 16.8. The Morgan fingerprint density at radius 1 is 1.15 bits per heavy atom. The van der Waals surface area contributed by atoms with Gasteiger partial charge in [-0.15, -0.1) is 11.8 Å². The van der Waals surface area contributed by atoms with Crippen LogP contribution < -0.4 is 5.32 Å². The maximum absolute atomic E-state index is 11.9. The summed E-state index contributed by atoms with van der Waals surface area (Å²) in [5.41, 5.74) is 0.703. The van der Waals surface area contributed by atoms with Gasteiger partial charge in [-0.1, -0.05) is 51.1 Å². The van der Waals surface area contributed by atoms with Gasteiger partial charge in [-0.2, -0.15) is 0 Å². The predicted octanol–water partition coefficient (Wildman–Crippen LogP) is 3.15. The number of nitrogens with one attached hydrogen (secondary N) is 1. The predicted molar refractivity (Wildman–Crippen MR) is 85.2 cm³/mol. The number of benzene rings is 1. The number of ketones is 1. The van der Waals surface area contributed by atoms with Crippen LogP contribution in [0.3, 0.4) is 0 Å². The number of amides is 1. The summed E-state index contributed by atoms with van der Waals surface area (Å²) in [7, 11) is 0. The molecule has 1 rings (SSSR count). The molecule has 0 aliphatic carbocycles. The van der Waals surface area contributed by atoms with E-state index in [1.807, 2.05) is 18.2 Å². The zero-order valence-corrected chi connectivity index (χ0v) is 13.2. The minimum atomic E-state index is 0.0106. The zero-order chi connectivity index (χ0) is 15.0. The van der Waals surface area contributed by atoms with E-state index in [9.17, 15) is 9.59 Å². The van der Waals surface area contributed by atoms with Crippen LogP contribution in [-0.4, -0.2) is 29.2 Å². The van der Waals surface area contributed by atoms with Crippen LogP contribution in [0.1, 0.15) is 37.6 Å². The standard InChI is InChI=1S/C16H23NO2S/c1-4-14(12(2)3)17-16(19)11-20-10-15(18)13-8-6-5-7-9-13/h5-9,12,14H,4,10-11H2,1-3H3,(H,17,19)/t14-/m0/s1. The molecule has 0 saturated carbocycles. The molecule has 4 heteroatoms. The summed E-state index contributed by atoms with van der Waals surface area (Å²) < 4.78 is 0. The monoisotopic (exact) mass is 293 g/mol. The molecule has 1 aromatic rings. The second kappa shape index (κ2) is 8.80. The number of Topliss-reactive ketones (excluding diaryl/α,β-unsaturated/α-hetero) is 1. The van der Waals surface area contributed by atoms with E-state index in [0.717, 1.165) is 6.42 Å². The van der Waals surface area contributed by atoms with Crippen molar-refractivity contribution in [1.29, 1.82) is 0 Å². The van der Waals surface area contributed by atoms with Crippen molar-refractivity contribution in [2.45, 2.75) is 33.2 Å². The van der Waals surface area contributed by atoms with E-state index < -0.39 is 0 Å². The summed E-state index contributed by atoms with van der Waals surface area (Å²) in [4.78, 5) is 23.7. The molecule has 1 aromatic carbocycles. The highest BCUT2D eigenvalue weighted by Gasteiger charge is 2.14. The maximum atomic E-state index is 11.9. The van der Waals surface area contributed by atoms with E-state index in [2.05, 4.69) is 26.1 Å². The molecule has 3 nitrogen and oxygen atoms in total. The lowest BCUT2D eigenvalue weighted by molar-refractivity contribution is -0.119. The Labute approximate surface area is 125 Å². The minimum Gasteiger partial charge on any atom is -0.352 e. The minimum absolute atomic E-state index is 0.0106. The fourth-order valence-electron chi connectivity index (χ4n) is 1.93. The van der Waals surface area contributed by atoms with Crippen molar-refractivity contribution in [2.75, 3.05) is 11.5 Å². The Hall–Kier alpha value is -1.29. The van der Waals surface area contributed by atoms with E-state index >= 15 is 0 Å². The molecule has 0 saturated heterocycles. The Balaban J connectivity index is 2.30. The molecule has 0 radical (unpaired) electrons. The van der Waals surface area contributed by atoms with Crippen LogP contribution in [0.4, 0.5) is 0 Å². The van der Waals surface area contributed by atoms with Crippen LogP contribution in [-0.2, 0) is 4.79 Å². The first-order chi connectivity index (χ1) is 9.54. The average Bonchev–Trinajstić information content (AvgIpc) is 2.45. The average molecular weight is 293 g/mol.